The molecule has 10 heteroatoms. The number of aromatic nitrogens is 5. The number of benzene rings is 1. The highest BCUT2D eigenvalue weighted by molar-refractivity contribution is 7.99. The van der Waals surface area contributed by atoms with Crippen molar-refractivity contribution in [3.63, 3.8) is 0 Å². The summed E-state index contributed by atoms with van der Waals surface area (Å²) >= 11 is 3.02. The lowest BCUT2D eigenvalue weighted by Gasteiger charge is -2.14. The average Bonchev–Trinajstić information content (AvgIpc) is 3.65. The molecule has 1 saturated heterocycles. The van der Waals surface area contributed by atoms with E-state index in [0.29, 0.717) is 6.54 Å². The van der Waals surface area contributed by atoms with E-state index in [2.05, 4.69) is 25.2 Å². The van der Waals surface area contributed by atoms with E-state index in [1.807, 2.05) is 66.4 Å². The molecule has 4 aromatic rings. The van der Waals surface area contributed by atoms with E-state index in [9.17, 15) is 4.79 Å². The summed E-state index contributed by atoms with van der Waals surface area (Å²) in [7, 11) is 0. The van der Waals surface area contributed by atoms with Crippen molar-refractivity contribution in [2.24, 2.45) is 0 Å². The van der Waals surface area contributed by atoms with Crippen LogP contribution in [0.15, 0.2) is 53.0 Å². The Kier molecular flexibility index (Phi) is 6.80. The predicted octanol–water partition coefficient (Wildman–Crippen LogP) is 4.72. The third-order valence-corrected chi connectivity index (χ3v) is 7.59. The van der Waals surface area contributed by atoms with Crippen molar-refractivity contribution < 1.29 is 9.53 Å². The summed E-state index contributed by atoms with van der Waals surface area (Å²) in [4.78, 5) is 13.9. The lowest BCUT2D eigenvalue weighted by atomic mass is 10.2. The van der Waals surface area contributed by atoms with E-state index in [1.165, 1.54) is 11.8 Å². The van der Waals surface area contributed by atoms with Crippen molar-refractivity contribution in [2.45, 2.75) is 44.5 Å². The fraction of sp³-hybridized carbons (Fsp3) is 0.333. The monoisotopic (exact) mass is 494 g/mol. The average molecular weight is 495 g/mol. The number of ether oxygens (including phenoxy) is 1. The van der Waals surface area contributed by atoms with Gasteiger partial charge in [0.1, 0.15) is 0 Å². The van der Waals surface area contributed by atoms with Crippen LogP contribution in [0.25, 0.3) is 16.4 Å². The van der Waals surface area contributed by atoms with Crippen LogP contribution in [-0.2, 0) is 16.1 Å². The van der Waals surface area contributed by atoms with E-state index in [1.54, 1.807) is 11.3 Å². The number of para-hydroxylation sites is 1. The molecule has 34 heavy (non-hydrogen) atoms. The van der Waals surface area contributed by atoms with Gasteiger partial charge in [-0.1, -0.05) is 36.0 Å². The van der Waals surface area contributed by atoms with Crippen LogP contribution < -0.4 is 5.32 Å². The van der Waals surface area contributed by atoms with Gasteiger partial charge in [-0.3, -0.25) is 9.36 Å². The molecule has 1 aliphatic heterocycles. The quantitative estimate of drug-likeness (QED) is 0.357. The number of amides is 1. The van der Waals surface area contributed by atoms with Crippen molar-refractivity contribution in [1.29, 1.82) is 0 Å². The fourth-order valence-electron chi connectivity index (χ4n) is 4.09. The summed E-state index contributed by atoms with van der Waals surface area (Å²) in [6.07, 6.45) is 2.25. The van der Waals surface area contributed by atoms with Gasteiger partial charge in [0.05, 0.1) is 46.0 Å². The van der Waals surface area contributed by atoms with E-state index in [-0.39, 0.29) is 17.8 Å². The zero-order valence-corrected chi connectivity index (χ0v) is 20.7. The molecule has 0 spiro atoms. The molecule has 1 amide bonds. The Morgan fingerprint density at radius 2 is 2.06 bits per heavy atom. The van der Waals surface area contributed by atoms with Crippen molar-refractivity contribution in [2.75, 3.05) is 17.7 Å². The molecule has 0 aliphatic carbocycles. The predicted molar refractivity (Wildman–Crippen MR) is 135 cm³/mol. The Hall–Kier alpha value is -2.95. The highest BCUT2D eigenvalue weighted by atomic mass is 32.2. The Balaban J connectivity index is 1.30. The number of carbonyl (C=O) groups is 1. The van der Waals surface area contributed by atoms with Crippen molar-refractivity contribution in [3.05, 3.63) is 59.2 Å². The second-order valence-corrected chi connectivity index (χ2v) is 10.0. The van der Waals surface area contributed by atoms with Crippen LogP contribution in [0.1, 0.15) is 24.2 Å². The molecule has 0 radical (unpaired) electrons. The zero-order chi connectivity index (χ0) is 23.5. The number of rotatable bonds is 8. The molecule has 0 bridgehead atoms. The Morgan fingerprint density at radius 1 is 1.21 bits per heavy atom. The highest BCUT2D eigenvalue weighted by Gasteiger charge is 2.23. The number of thiophene rings is 1. The number of thioether (sulfide) groups is 1. The number of hydrogen-bond donors (Lipinski definition) is 1. The van der Waals surface area contributed by atoms with Gasteiger partial charge >= 0.3 is 0 Å². The topological polar surface area (TPSA) is 86.9 Å². The number of carbonyl (C=O) groups excluding carboxylic acids is 1. The molecule has 0 unspecified atom stereocenters. The second-order valence-electron chi connectivity index (χ2n) is 8.16. The second kappa shape index (κ2) is 10.1. The molecule has 5 rings (SSSR count). The summed E-state index contributed by atoms with van der Waals surface area (Å²) < 4.78 is 9.79. The summed E-state index contributed by atoms with van der Waals surface area (Å²) in [6.45, 7) is 5.34. The standard InChI is InChI=1S/C24H26N6O2S2/c1-16-22(17(2)30(28-16)18-8-4-3-5-9-18)25-21(31)15-34-24-27-26-23(20-11-7-13-33-20)29(24)14-19-10-6-12-32-19/h3-5,7-9,11,13,19H,6,10,12,14-15H2,1-2H3,(H,25,31)/t19-/m1/s1. The van der Waals surface area contributed by atoms with Crippen LogP contribution in [0.5, 0.6) is 0 Å². The smallest absolute Gasteiger partial charge is 0.234 e. The summed E-state index contributed by atoms with van der Waals surface area (Å²) in [5.41, 5.74) is 3.38. The van der Waals surface area contributed by atoms with Gasteiger partial charge in [-0.25, -0.2) is 4.68 Å². The summed E-state index contributed by atoms with van der Waals surface area (Å²) in [6, 6.07) is 13.9. The maximum absolute atomic E-state index is 12.9. The number of nitrogens with one attached hydrogen (secondary N) is 1. The molecule has 1 N–H and O–H groups in total. The number of anilines is 1. The number of aryl methyl sites for hydroxylation is 1. The molecule has 1 atom stereocenters. The van der Waals surface area contributed by atoms with Gasteiger partial charge in [-0.05, 0) is 50.3 Å². The SMILES string of the molecule is Cc1nn(-c2ccccc2)c(C)c1NC(=O)CSc1nnc(-c2cccs2)n1C[C@H]1CCCO1. The molecule has 1 fully saturated rings. The number of nitrogens with zero attached hydrogens (tertiary/aromatic N) is 5. The first kappa shape index (κ1) is 22.8. The van der Waals surface area contributed by atoms with Crippen molar-refractivity contribution in [3.8, 4) is 16.4 Å². The van der Waals surface area contributed by atoms with Crippen LogP contribution in [0.3, 0.4) is 0 Å². The van der Waals surface area contributed by atoms with Crippen molar-refractivity contribution in [1.82, 2.24) is 24.5 Å². The van der Waals surface area contributed by atoms with Gasteiger partial charge in [-0.2, -0.15) is 5.10 Å². The molecule has 3 aromatic heterocycles. The lowest BCUT2D eigenvalue weighted by molar-refractivity contribution is -0.113. The number of hydrogen-bond acceptors (Lipinski definition) is 7. The van der Waals surface area contributed by atoms with E-state index in [0.717, 1.165) is 58.1 Å². The lowest BCUT2D eigenvalue weighted by Crippen LogP contribution is -2.18. The molecular formula is C24H26N6O2S2. The van der Waals surface area contributed by atoms with Crippen molar-refractivity contribution >= 4 is 34.7 Å². The van der Waals surface area contributed by atoms with Gasteiger partial charge in [0.15, 0.2) is 11.0 Å². The van der Waals surface area contributed by atoms with E-state index >= 15 is 0 Å². The molecule has 1 aliphatic rings. The molecule has 1 aromatic carbocycles. The van der Waals surface area contributed by atoms with Crippen LogP contribution in [0.2, 0.25) is 0 Å². The molecule has 4 heterocycles. The fourth-order valence-corrected chi connectivity index (χ4v) is 5.55. The van der Waals surface area contributed by atoms with Crippen LogP contribution in [0.4, 0.5) is 5.69 Å². The summed E-state index contributed by atoms with van der Waals surface area (Å²) in [5.74, 6) is 0.945. The summed E-state index contributed by atoms with van der Waals surface area (Å²) in [5, 5.41) is 19.2. The van der Waals surface area contributed by atoms with Crippen LogP contribution >= 0.6 is 23.1 Å². The molecule has 8 nitrogen and oxygen atoms in total. The van der Waals surface area contributed by atoms with Gasteiger partial charge in [-0.15, -0.1) is 21.5 Å². The zero-order valence-electron chi connectivity index (χ0n) is 19.1. The largest absolute Gasteiger partial charge is 0.376 e. The minimum Gasteiger partial charge on any atom is -0.376 e. The normalized spacial score (nSPS) is 15.6. The first-order chi connectivity index (χ1) is 16.6. The minimum atomic E-state index is -0.104. The Bertz CT molecular complexity index is 1260. The maximum Gasteiger partial charge on any atom is 0.234 e. The van der Waals surface area contributed by atoms with E-state index < -0.39 is 0 Å². The van der Waals surface area contributed by atoms with Gasteiger partial charge in [0.2, 0.25) is 5.91 Å². The molecule has 176 valence electrons. The first-order valence-electron chi connectivity index (χ1n) is 11.2. The van der Waals surface area contributed by atoms with Gasteiger partial charge in [0.25, 0.3) is 0 Å². The molecule has 0 saturated carbocycles. The third-order valence-electron chi connectivity index (χ3n) is 5.76. The highest BCUT2D eigenvalue weighted by Crippen LogP contribution is 2.29. The Morgan fingerprint density at radius 3 is 2.79 bits per heavy atom. The third kappa shape index (κ3) is 4.79. The van der Waals surface area contributed by atoms with Crippen LogP contribution in [0, 0.1) is 13.8 Å². The molecular weight excluding hydrogens is 468 g/mol. The van der Waals surface area contributed by atoms with Gasteiger partial charge < -0.3 is 10.1 Å². The van der Waals surface area contributed by atoms with Crippen LogP contribution in [-0.4, -0.2) is 48.9 Å². The Labute approximate surface area is 206 Å². The van der Waals surface area contributed by atoms with Gasteiger partial charge in [0, 0.05) is 6.61 Å². The maximum atomic E-state index is 12.9. The minimum absolute atomic E-state index is 0.104. The first-order valence-corrected chi connectivity index (χ1v) is 13.1. The van der Waals surface area contributed by atoms with E-state index in [4.69, 9.17) is 4.74 Å².